The Morgan fingerprint density at radius 2 is 2.21 bits per heavy atom. The van der Waals surface area contributed by atoms with Gasteiger partial charge in [0.05, 0.1) is 0 Å². The van der Waals surface area contributed by atoms with Crippen LogP contribution in [0, 0.1) is 22.5 Å². The van der Waals surface area contributed by atoms with Gasteiger partial charge in [-0.05, 0) is 60.2 Å². The van der Waals surface area contributed by atoms with Crippen LogP contribution >= 0.6 is 11.8 Å². The van der Waals surface area contributed by atoms with E-state index < -0.39 is 0 Å². The molecule has 2 aliphatic rings. The Balaban J connectivity index is 1.91. The molecular weight excluding hydrogens is 312 g/mol. The molecule has 1 heterocycles. The first kappa shape index (κ1) is 17.2. The van der Waals surface area contributed by atoms with Crippen LogP contribution in [0.15, 0.2) is 47.4 Å². The molecule has 0 fully saturated rings. The van der Waals surface area contributed by atoms with Gasteiger partial charge in [0, 0.05) is 22.5 Å². The summed E-state index contributed by atoms with van der Waals surface area (Å²) in [7, 11) is 0. The molecule has 0 spiro atoms. The lowest BCUT2D eigenvalue weighted by Gasteiger charge is -2.43. The van der Waals surface area contributed by atoms with E-state index >= 15 is 0 Å². The Hall–Kier alpha value is -1.66. The highest BCUT2D eigenvalue weighted by molar-refractivity contribution is 8.03. The minimum atomic E-state index is 0.495. The van der Waals surface area contributed by atoms with Crippen molar-refractivity contribution in [2.24, 2.45) is 11.8 Å². The van der Waals surface area contributed by atoms with E-state index in [2.05, 4.69) is 67.1 Å². The third-order valence-electron chi connectivity index (χ3n) is 5.47. The van der Waals surface area contributed by atoms with Crippen molar-refractivity contribution in [2.75, 3.05) is 5.32 Å². The molecule has 1 N–H and O–H groups in total. The van der Waals surface area contributed by atoms with Gasteiger partial charge in [-0.3, -0.25) is 0 Å². The van der Waals surface area contributed by atoms with Crippen molar-refractivity contribution >= 4 is 17.4 Å². The highest BCUT2D eigenvalue weighted by Crippen LogP contribution is 2.44. The number of nitrogens with one attached hydrogen (secondary N) is 1. The van der Waals surface area contributed by atoms with Crippen LogP contribution in [0.1, 0.15) is 51.0 Å². The average molecular weight is 339 g/mol. The Bertz CT molecular complexity index is 671. The third-order valence-corrected chi connectivity index (χ3v) is 6.05. The van der Waals surface area contributed by atoms with E-state index in [0.717, 1.165) is 11.3 Å². The number of fused-ring (bicyclic) bond motifs is 1. The molecule has 1 aliphatic heterocycles. The minimum Gasteiger partial charge on any atom is -0.381 e. The van der Waals surface area contributed by atoms with E-state index in [-0.39, 0.29) is 0 Å². The molecule has 126 valence electrons. The first-order valence-electron chi connectivity index (χ1n) is 9.04. The summed E-state index contributed by atoms with van der Waals surface area (Å²) in [6.45, 7) is 4.64. The Morgan fingerprint density at radius 1 is 1.33 bits per heavy atom. The van der Waals surface area contributed by atoms with Crippen LogP contribution < -0.4 is 5.32 Å². The molecule has 0 bridgehead atoms. The molecule has 4 unspecified atom stereocenters. The second-order valence-electron chi connectivity index (χ2n) is 6.92. The molecule has 0 amide bonds. The lowest BCUT2D eigenvalue weighted by molar-refractivity contribution is 0.291. The van der Waals surface area contributed by atoms with Gasteiger partial charge in [-0.1, -0.05) is 51.0 Å². The predicted molar refractivity (Wildman–Crippen MR) is 103 cm³/mol. The molecule has 0 radical (unpaired) electrons. The Morgan fingerprint density at radius 3 is 2.92 bits per heavy atom. The van der Waals surface area contributed by atoms with Gasteiger partial charge < -0.3 is 5.32 Å². The number of unbranched alkanes of at least 4 members (excludes halogenated alkanes) is 1. The van der Waals surface area contributed by atoms with Gasteiger partial charge in [-0.25, -0.2) is 0 Å². The number of hydrogen-bond acceptors (Lipinski definition) is 3. The maximum absolute atomic E-state index is 8.95. The topological polar surface area (TPSA) is 35.8 Å². The number of hydrogen-bond donors (Lipinski definition) is 1. The van der Waals surface area contributed by atoms with E-state index in [0.29, 0.717) is 23.8 Å². The quantitative estimate of drug-likeness (QED) is 0.521. The number of nitriles is 1. The summed E-state index contributed by atoms with van der Waals surface area (Å²) >= 11 is 1.26. The van der Waals surface area contributed by atoms with Crippen LogP contribution in [0.4, 0.5) is 5.69 Å². The van der Waals surface area contributed by atoms with Gasteiger partial charge in [0.1, 0.15) is 5.40 Å². The first-order valence-corrected chi connectivity index (χ1v) is 9.86. The van der Waals surface area contributed by atoms with Crippen molar-refractivity contribution in [3.8, 4) is 5.40 Å². The number of rotatable bonds is 5. The van der Waals surface area contributed by atoms with E-state index in [1.165, 1.54) is 42.3 Å². The fraction of sp³-hybridized carbons (Fsp3) is 0.476. The monoisotopic (exact) mass is 338 g/mol. The zero-order chi connectivity index (χ0) is 16.9. The maximum Gasteiger partial charge on any atom is 0.138 e. The molecule has 3 rings (SSSR count). The van der Waals surface area contributed by atoms with E-state index in [1.807, 2.05) is 0 Å². The largest absolute Gasteiger partial charge is 0.381 e. The molecule has 3 heteroatoms. The zero-order valence-electron chi connectivity index (χ0n) is 14.5. The number of benzene rings is 1. The highest BCUT2D eigenvalue weighted by Gasteiger charge is 2.37. The fourth-order valence-electron chi connectivity index (χ4n) is 4.15. The van der Waals surface area contributed by atoms with Gasteiger partial charge in [0.15, 0.2) is 0 Å². The van der Waals surface area contributed by atoms with Crippen LogP contribution in [0.3, 0.4) is 0 Å². The normalized spacial score (nSPS) is 28.0. The van der Waals surface area contributed by atoms with Crippen LogP contribution in [0.5, 0.6) is 0 Å². The average Bonchev–Trinajstić information content (AvgIpc) is 2.62. The van der Waals surface area contributed by atoms with Crippen LogP contribution in [-0.4, -0.2) is 6.04 Å². The van der Waals surface area contributed by atoms with Gasteiger partial charge in [0.2, 0.25) is 0 Å². The minimum absolute atomic E-state index is 0.495. The summed E-state index contributed by atoms with van der Waals surface area (Å²) in [6, 6.07) is 6.94. The number of allylic oxidation sites excluding steroid dienone is 3. The summed E-state index contributed by atoms with van der Waals surface area (Å²) in [6.07, 6.45) is 13.9. The molecule has 0 saturated heterocycles. The zero-order valence-corrected chi connectivity index (χ0v) is 15.4. The van der Waals surface area contributed by atoms with Crippen molar-refractivity contribution in [3.05, 3.63) is 48.1 Å². The molecule has 1 aromatic rings. The molecule has 0 saturated carbocycles. The molecule has 1 aliphatic carbocycles. The van der Waals surface area contributed by atoms with Crippen molar-refractivity contribution in [1.82, 2.24) is 0 Å². The van der Waals surface area contributed by atoms with Crippen LogP contribution in [0.2, 0.25) is 0 Å². The standard InChI is InChI=1S/C21H26N2S/c1-3-4-10-18-15(2)19-13-17(24-14-22)11-12-20(19)23-21(18)16-8-6-5-7-9-16/h5-8,11-13,15-16,18,21,23H,3-4,9-10H2,1-2H3. The number of anilines is 1. The molecule has 0 aromatic heterocycles. The smallest absolute Gasteiger partial charge is 0.138 e. The van der Waals surface area contributed by atoms with Crippen molar-refractivity contribution in [3.63, 3.8) is 0 Å². The van der Waals surface area contributed by atoms with Crippen molar-refractivity contribution in [1.29, 1.82) is 5.26 Å². The summed E-state index contributed by atoms with van der Waals surface area (Å²) in [5.41, 5.74) is 2.63. The van der Waals surface area contributed by atoms with Crippen LogP contribution in [0.25, 0.3) is 0 Å². The molecule has 2 nitrogen and oxygen atoms in total. The van der Waals surface area contributed by atoms with E-state index in [4.69, 9.17) is 5.26 Å². The third kappa shape index (κ3) is 3.54. The van der Waals surface area contributed by atoms with Crippen molar-refractivity contribution in [2.45, 2.75) is 56.4 Å². The Labute approximate surface area is 150 Å². The number of nitrogens with zero attached hydrogens (tertiary/aromatic N) is 1. The molecule has 24 heavy (non-hydrogen) atoms. The second-order valence-corrected chi connectivity index (χ2v) is 7.78. The van der Waals surface area contributed by atoms with Gasteiger partial charge in [-0.2, -0.15) is 5.26 Å². The molecule has 4 atom stereocenters. The Kier molecular flexibility index (Phi) is 5.68. The van der Waals surface area contributed by atoms with Gasteiger partial charge in [-0.15, -0.1) is 0 Å². The van der Waals surface area contributed by atoms with Gasteiger partial charge >= 0.3 is 0 Å². The molecular formula is C21H26N2S. The number of thiocyanates is 1. The first-order chi connectivity index (χ1) is 11.7. The maximum atomic E-state index is 8.95. The fourth-order valence-corrected chi connectivity index (χ4v) is 4.58. The summed E-state index contributed by atoms with van der Waals surface area (Å²) in [5, 5.41) is 15.0. The second kappa shape index (κ2) is 7.94. The summed E-state index contributed by atoms with van der Waals surface area (Å²) in [5.74, 6) is 1.73. The summed E-state index contributed by atoms with van der Waals surface area (Å²) in [4.78, 5) is 1.05. The van der Waals surface area contributed by atoms with Gasteiger partial charge in [0.25, 0.3) is 0 Å². The SMILES string of the molecule is CCCCC1C(C)c2cc(SC#N)ccc2NC1C1C=CC=CC1. The lowest BCUT2D eigenvalue weighted by atomic mass is 9.71. The summed E-state index contributed by atoms with van der Waals surface area (Å²) < 4.78 is 0. The van der Waals surface area contributed by atoms with E-state index in [1.54, 1.807) is 0 Å². The highest BCUT2D eigenvalue weighted by atomic mass is 32.2. The lowest BCUT2D eigenvalue weighted by Crippen LogP contribution is -2.42. The molecule has 1 aromatic carbocycles. The van der Waals surface area contributed by atoms with Crippen LogP contribution in [-0.2, 0) is 0 Å². The number of thioether (sulfide) groups is 1. The predicted octanol–water partition coefficient (Wildman–Crippen LogP) is 6.10. The van der Waals surface area contributed by atoms with E-state index in [9.17, 15) is 0 Å². The van der Waals surface area contributed by atoms with Crippen molar-refractivity contribution < 1.29 is 0 Å².